The molecular formula is C22H33IN6O. The maximum absolute atomic E-state index is 5.46. The monoisotopic (exact) mass is 524 g/mol. The molecule has 0 amide bonds. The van der Waals surface area contributed by atoms with Gasteiger partial charge in [-0.05, 0) is 49.7 Å². The van der Waals surface area contributed by atoms with Gasteiger partial charge >= 0.3 is 0 Å². The van der Waals surface area contributed by atoms with E-state index in [-0.39, 0.29) is 24.0 Å². The van der Waals surface area contributed by atoms with Crippen molar-refractivity contribution in [3.63, 3.8) is 0 Å². The zero-order valence-electron chi connectivity index (χ0n) is 17.7. The molecule has 8 heteroatoms. The lowest BCUT2D eigenvalue weighted by molar-refractivity contribution is 0.369. The van der Waals surface area contributed by atoms with E-state index < -0.39 is 0 Å². The number of aliphatic imine (C=N–C) groups is 1. The predicted octanol–water partition coefficient (Wildman–Crippen LogP) is 3.33. The van der Waals surface area contributed by atoms with E-state index >= 15 is 0 Å². The van der Waals surface area contributed by atoms with Gasteiger partial charge in [0.05, 0.1) is 12.8 Å². The summed E-state index contributed by atoms with van der Waals surface area (Å²) in [6.45, 7) is 3.70. The Kier molecular flexibility index (Phi) is 7.00. The second-order valence-electron chi connectivity index (χ2n) is 8.85. The zero-order valence-corrected chi connectivity index (χ0v) is 20.0. The van der Waals surface area contributed by atoms with E-state index in [1.54, 1.807) is 6.26 Å². The van der Waals surface area contributed by atoms with Crippen LogP contribution in [0.3, 0.4) is 0 Å². The van der Waals surface area contributed by atoms with E-state index in [0.717, 1.165) is 74.0 Å². The van der Waals surface area contributed by atoms with E-state index in [9.17, 15) is 0 Å². The minimum absolute atomic E-state index is 0. The number of hydrogen-bond donors (Lipinski definition) is 2. The van der Waals surface area contributed by atoms with Crippen LogP contribution in [0, 0.1) is 11.8 Å². The highest BCUT2D eigenvalue weighted by atomic mass is 127. The van der Waals surface area contributed by atoms with Crippen LogP contribution in [0.15, 0.2) is 27.8 Å². The lowest BCUT2D eigenvalue weighted by atomic mass is 9.95. The summed E-state index contributed by atoms with van der Waals surface area (Å²) in [5, 5.41) is 12.1. The molecule has 2 aromatic heterocycles. The van der Waals surface area contributed by atoms with E-state index in [2.05, 4.69) is 32.3 Å². The van der Waals surface area contributed by atoms with Crippen LogP contribution < -0.4 is 10.6 Å². The van der Waals surface area contributed by atoms with Gasteiger partial charge in [-0.1, -0.05) is 13.3 Å². The molecule has 0 radical (unpaired) electrons. The van der Waals surface area contributed by atoms with Gasteiger partial charge in [0.1, 0.15) is 11.6 Å². The summed E-state index contributed by atoms with van der Waals surface area (Å²) in [6, 6.07) is 4.86. The molecule has 2 fully saturated rings. The average molecular weight is 524 g/mol. The van der Waals surface area contributed by atoms with Crippen molar-refractivity contribution in [3.8, 4) is 0 Å². The Morgan fingerprint density at radius 3 is 2.93 bits per heavy atom. The first-order valence-corrected chi connectivity index (χ1v) is 11.3. The van der Waals surface area contributed by atoms with Crippen molar-refractivity contribution in [2.75, 3.05) is 6.54 Å². The number of rotatable bonds is 6. The lowest BCUT2D eigenvalue weighted by Crippen LogP contribution is -2.51. The summed E-state index contributed by atoms with van der Waals surface area (Å²) < 4.78 is 7.54. The number of halogens is 1. The third-order valence-electron chi connectivity index (χ3n) is 6.83. The second-order valence-corrected chi connectivity index (χ2v) is 8.85. The van der Waals surface area contributed by atoms with Gasteiger partial charge in [0.15, 0.2) is 11.8 Å². The molecular weight excluding hydrogens is 491 g/mol. The van der Waals surface area contributed by atoms with Crippen LogP contribution in [-0.4, -0.2) is 39.4 Å². The number of aromatic nitrogens is 3. The van der Waals surface area contributed by atoms with Gasteiger partial charge in [-0.25, -0.2) is 9.67 Å². The highest BCUT2D eigenvalue weighted by Gasteiger charge is 2.40. The SMILES string of the molecule is CCc1nc2n(n1)CC(NC(=NCCc1ccco1)NC1CC3CCC1C3)CC2.I. The normalized spacial score (nSPS) is 27.6. The van der Waals surface area contributed by atoms with Gasteiger partial charge in [0, 0.05) is 37.9 Å². The first-order chi connectivity index (χ1) is 14.3. The van der Waals surface area contributed by atoms with Crippen molar-refractivity contribution in [2.24, 2.45) is 16.8 Å². The average Bonchev–Trinajstić information content (AvgIpc) is 3.51. The molecule has 0 saturated heterocycles. The standard InChI is InChI=1S/C22H32N6O.HI/c1-2-20-26-21-8-7-17(14-28(21)27-20)24-22(23-10-9-18-4-3-11-29-18)25-19-13-15-5-6-16(19)12-15;/h3-4,11,15-17,19H,2,5-10,12-14H2,1H3,(H2,23,24,25);1H. The van der Waals surface area contributed by atoms with E-state index in [4.69, 9.17) is 9.41 Å². The molecule has 3 heterocycles. The Morgan fingerprint density at radius 2 is 2.20 bits per heavy atom. The Labute approximate surface area is 195 Å². The van der Waals surface area contributed by atoms with Crippen LogP contribution in [0.1, 0.15) is 56.4 Å². The van der Waals surface area contributed by atoms with Crippen molar-refractivity contribution < 1.29 is 4.42 Å². The fraction of sp³-hybridized carbons (Fsp3) is 0.682. The summed E-state index contributed by atoms with van der Waals surface area (Å²) in [5.74, 6) is 5.76. The van der Waals surface area contributed by atoms with Crippen molar-refractivity contribution in [1.29, 1.82) is 0 Å². The van der Waals surface area contributed by atoms with Crippen LogP contribution in [0.2, 0.25) is 0 Å². The number of fused-ring (bicyclic) bond motifs is 3. The molecule has 30 heavy (non-hydrogen) atoms. The van der Waals surface area contributed by atoms with Crippen molar-refractivity contribution >= 4 is 29.9 Å². The van der Waals surface area contributed by atoms with E-state index in [1.807, 2.05) is 12.1 Å². The van der Waals surface area contributed by atoms with Crippen molar-refractivity contribution in [1.82, 2.24) is 25.4 Å². The molecule has 164 valence electrons. The van der Waals surface area contributed by atoms with Crippen molar-refractivity contribution in [2.45, 2.75) is 76.9 Å². The molecule has 3 aliphatic rings. The third-order valence-corrected chi connectivity index (χ3v) is 6.83. The Morgan fingerprint density at radius 1 is 1.27 bits per heavy atom. The van der Waals surface area contributed by atoms with Gasteiger partial charge < -0.3 is 15.1 Å². The molecule has 2 bridgehead atoms. The largest absolute Gasteiger partial charge is 0.469 e. The minimum atomic E-state index is 0. The maximum atomic E-state index is 5.46. The molecule has 2 N–H and O–H groups in total. The van der Waals surface area contributed by atoms with Gasteiger partial charge in [0.25, 0.3) is 0 Å². The fourth-order valence-corrected chi connectivity index (χ4v) is 5.28. The third kappa shape index (κ3) is 4.84. The van der Waals surface area contributed by atoms with Crippen LogP contribution >= 0.6 is 24.0 Å². The molecule has 2 aliphatic carbocycles. The van der Waals surface area contributed by atoms with Gasteiger partial charge in [-0.2, -0.15) is 5.10 Å². The van der Waals surface area contributed by atoms with Crippen LogP contribution in [0.4, 0.5) is 0 Å². The highest BCUT2D eigenvalue weighted by Crippen LogP contribution is 2.44. The second kappa shape index (κ2) is 9.70. The first-order valence-electron chi connectivity index (χ1n) is 11.3. The summed E-state index contributed by atoms with van der Waals surface area (Å²) in [7, 11) is 0. The van der Waals surface area contributed by atoms with Crippen LogP contribution in [0.5, 0.6) is 0 Å². The van der Waals surface area contributed by atoms with Crippen molar-refractivity contribution in [3.05, 3.63) is 35.8 Å². The van der Waals surface area contributed by atoms with Gasteiger partial charge in [-0.3, -0.25) is 4.99 Å². The van der Waals surface area contributed by atoms with E-state index in [1.165, 1.54) is 25.7 Å². The quantitative estimate of drug-likeness (QED) is 0.345. The Balaban J connectivity index is 0.00000218. The van der Waals surface area contributed by atoms with Gasteiger partial charge in [0.2, 0.25) is 0 Å². The molecule has 1 aliphatic heterocycles. The first kappa shape index (κ1) is 21.6. The number of aryl methyl sites for hydroxylation is 2. The van der Waals surface area contributed by atoms with Gasteiger partial charge in [-0.15, -0.1) is 24.0 Å². The molecule has 2 aromatic rings. The zero-order chi connectivity index (χ0) is 19.6. The molecule has 5 rings (SSSR count). The predicted molar refractivity (Wildman–Crippen MR) is 127 cm³/mol. The minimum Gasteiger partial charge on any atom is -0.469 e. The Bertz CT molecular complexity index is 848. The highest BCUT2D eigenvalue weighted by molar-refractivity contribution is 14.0. The number of nitrogens with one attached hydrogen (secondary N) is 2. The van der Waals surface area contributed by atoms with Crippen LogP contribution in [0.25, 0.3) is 0 Å². The summed E-state index contributed by atoms with van der Waals surface area (Å²) in [6.07, 6.45) is 11.0. The molecule has 0 aromatic carbocycles. The number of furan rings is 1. The summed E-state index contributed by atoms with van der Waals surface area (Å²) >= 11 is 0. The Hall–Kier alpha value is -1.58. The number of nitrogens with zero attached hydrogens (tertiary/aromatic N) is 4. The maximum Gasteiger partial charge on any atom is 0.191 e. The van der Waals surface area contributed by atoms with E-state index in [0.29, 0.717) is 12.1 Å². The molecule has 4 atom stereocenters. The number of hydrogen-bond acceptors (Lipinski definition) is 4. The van der Waals surface area contributed by atoms with Crippen LogP contribution in [-0.2, 0) is 25.8 Å². The summed E-state index contributed by atoms with van der Waals surface area (Å²) in [4.78, 5) is 9.54. The smallest absolute Gasteiger partial charge is 0.191 e. The lowest BCUT2D eigenvalue weighted by Gasteiger charge is -2.29. The molecule has 2 saturated carbocycles. The topological polar surface area (TPSA) is 80.3 Å². The molecule has 7 nitrogen and oxygen atoms in total. The number of guanidine groups is 1. The molecule has 4 unspecified atom stereocenters. The molecule has 0 spiro atoms. The summed E-state index contributed by atoms with van der Waals surface area (Å²) in [5.41, 5.74) is 0. The fourth-order valence-electron chi connectivity index (χ4n) is 5.28.